The summed E-state index contributed by atoms with van der Waals surface area (Å²) in [6, 6.07) is -3.46. The summed E-state index contributed by atoms with van der Waals surface area (Å²) >= 11 is 0. The van der Waals surface area contributed by atoms with Gasteiger partial charge in [0.05, 0.1) is 12.1 Å². The lowest BCUT2D eigenvalue weighted by Crippen LogP contribution is -2.73. The molecule has 0 bridgehead atoms. The Morgan fingerprint density at radius 3 is 2.44 bits per heavy atom. The molecule has 1 aliphatic heterocycles. The summed E-state index contributed by atoms with van der Waals surface area (Å²) in [7, 11) is 0. The summed E-state index contributed by atoms with van der Waals surface area (Å²) < 4.78 is 37.9. The number of aliphatic carboxylic acids is 1. The smallest absolute Gasteiger partial charge is 0.372 e. The second-order valence-electron chi connectivity index (χ2n) is 6.23. The molecule has 0 aromatic rings. The number of aliphatic hydroxyl groups excluding tert-OH is 2. The molecule has 7 atom stereocenters. The number of carbonyl (C=O) groups is 3. The molecule has 6 N–H and O–H groups in total. The van der Waals surface area contributed by atoms with Crippen molar-refractivity contribution in [1.29, 1.82) is 0 Å². The first-order valence-electron chi connectivity index (χ1n) is 8.24. The fourth-order valence-electron chi connectivity index (χ4n) is 2.62. The van der Waals surface area contributed by atoms with Crippen molar-refractivity contribution in [1.82, 2.24) is 5.32 Å². The Labute approximate surface area is 153 Å². The molecule has 12 heteroatoms. The Kier molecular flexibility index (Phi) is 8.02. The highest BCUT2D eigenvalue weighted by Crippen LogP contribution is 2.35. The zero-order valence-electron chi connectivity index (χ0n) is 14.8. The van der Waals surface area contributed by atoms with Gasteiger partial charge in [0.1, 0.15) is 24.9 Å². The number of carboxylic acids is 1. The van der Waals surface area contributed by atoms with Crippen LogP contribution in [-0.2, 0) is 23.9 Å². The minimum Gasteiger partial charge on any atom is -0.477 e. The molecule has 1 saturated heterocycles. The van der Waals surface area contributed by atoms with Gasteiger partial charge >= 0.3 is 17.8 Å². The molecule has 0 aromatic heterocycles. The highest BCUT2D eigenvalue weighted by atomic mass is 19.2. The van der Waals surface area contributed by atoms with Crippen LogP contribution in [0, 0.1) is 0 Å². The van der Waals surface area contributed by atoms with Crippen molar-refractivity contribution in [3.63, 3.8) is 0 Å². The number of aliphatic hydroxyl groups is 2. The number of ether oxygens (including phenoxy) is 2. The third-order valence-electron chi connectivity index (χ3n) is 4.03. The van der Waals surface area contributed by atoms with Gasteiger partial charge in [0.25, 0.3) is 0 Å². The molecule has 0 spiro atoms. The van der Waals surface area contributed by atoms with E-state index in [1.165, 1.54) is 0 Å². The molecule has 1 rings (SSSR count). The average molecular weight is 398 g/mol. The third kappa shape index (κ3) is 5.31. The lowest BCUT2D eigenvalue weighted by molar-refractivity contribution is -0.276. The Bertz CT molecular complexity index is 566. The SMILES string of the molecule is CCCC(=O)OC[C@@H](O)[C@@H](O)C1O[C@@](F)(C(=O)O)C(F)C(N)[C@H]1NC(C)=O. The van der Waals surface area contributed by atoms with E-state index < -0.39 is 66.9 Å². The Balaban J connectivity index is 3.03. The van der Waals surface area contributed by atoms with Gasteiger partial charge in [-0.25, -0.2) is 9.18 Å². The molecule has 156 valence electrons. The number of halogens is 2. The van der Waals surface area contributed by atoms with Gasteiger partial charge in [0, 0.05) is 13.3 Å². The molecular formula is C15H24F2N2O8. The maximum Gasteiger partial charge on any atom is 0.372 e. The number of alkyl halides is 2. The standard InChI is InChI=1S/C15H24F2N2O8/c1-3-4-8(22)26-5-7(21)11(23)12-10(19-6(2)20)9(18)13(16)15(17,27-12)14(24)25/h7,9-13,21,23H,3-5,18H2,1-2H3,(H,19,20)(H,24,25)/t7-,9?,10-,11-,12?,13?,15-/m1/s1. The van der Waals surface area contributed by atoms with E-state index in [0.717, 1.165) is 6.92 Å². The summed E-state index contributed by atoms with van der Waals surface area (Å²) in [6.45, 7) is 2.02. The summed E-state index contributed by atoms with van der Waals surface area (Å²) in [5.41, 5.74) is 5.52. The van der Waals surface area contributed by atoms with Crippen LogP contribution in [0.3, 0.4) is 0 Å². The maximum absolute atomic E-state index is 14.5. The molecule has 0 saturated carbocycles. The fourth-order valence-corrected chi connectivity index (χ4v) is 2.62. The van der Waals surface area contributed by atoms with Gasteiger partial charge in [0.15, 0.2) is 6.17 Å². The summed E-state index contributed by atoms with van der Waals surface area (Å²) in [4.78, 5) is 33.7. The van der Waals surface area contributed by atoms with Crippen LogP contribution >= 0.6 is 0 Å². The van der Waals surface area contributed by atoms with Gasteiger partial charge in [0.2, 0.25) is 5.91 Å². The highest BCUT2D eigenvalue weighted by Gasteiger charge is 2.62. The van der Waals surface area contributed by atoms with Crippen molar-refractivity contribution >= 4 is 17.8 Å². The predicted octanol–water partition coefficient (Wildman–Crippen LogP) is -1.63. The van der Waals surface area contributed by atoms with E-state index in [1.54, 1.807) is 6.92 Å². The van der Waals surface area contributed by atoms with E-state index in [0.29, 0.717) is 6.42 Å². The second kappa shape index (κ2) is 9.35. The number of esters is 1. The van der Waals surface area contributed by atoms with Crippen molar-refractivity contribution in [2.24, 2.45) is 5.73 Å². The largest absolute Gasteiger partial charge is 0.477 e. The number of hydrogen-bond acceptors (Lipinski definition) is 8. The van der Waals surface area contributed by atoms with Crippen molar-refractivity contribution in [3.8, 4) is 0 Å². The minimum absolute atomic E-state index is 0.0538. The van der Waals surface area contributed by atoms with Crippen LogP contribution in [-0.4, -0.2) is 82.2 Å². The first kappa shape index (κ1) is 23.1. The van der Waals surface area contributed by atoms with E-state index >= 15 is 0 Å². The topological polar surface area (TPSA) is 168 Å². The minimum atomic E-state index is -3.90. The highest BCUT2D eigenvalue weighted by molar-refractivity contribution is 5.77. The zero-order valence-corrected chi connectivity index (χ0v) is 14.8. The molecule has 10 nitrogen and oxygen atoms in total. The first-order valence-corrected chi connectivity index (χ1v) is 8.24. The van der Waals surface area contributed by atoms with Crippen molar-refractivity contribution in [3.05, 3.63) is 0 Å². The zero-order chi connectivity index (χ0) is 20.9. The van der Waals surface area contributed by atoms with E-state index in [9.17, 15) is 33.4 Å². The molecule has 1 fully saturated rings. The number of nitrogens with two attached hydrogens (primary N) is 1. The van der Waals surface area contributed by atoms with E-state index in [-0.39, 0.29) is 6.42 Å². The van der Waals surface area contributed by atoms with Gasteiger partial charge < -0.3 is 35.8 Å². The monoisotopic (exact) mass is 398 g/mol. The molecule has 3 unspecified atom stereocenters. The summed E-state index contributed by atoms with van der Waals surface area (Å²) in [5.74, 6) is -7.64. The van der Waals surface area contributed by atoms with Crippen LogP contribution in [0.4, 0.5) is 8.78 Å². The Hall–Kier alpha value is -1.89. The summed E-state index contributed by atoms with van der Waals surface area (Å²) in [5, 5.41) is 31.3. The fraction of sp³-hybridized carbons (Fsp3) is 0.800. The molecule has 0 aromatic carbocycles. The quantitative estimate of drug-likeness (QED) is 0.301. The number of amides is 1. The molecule has 0 radical (unpaired) electrons. The van der Waals surface area contributed by atoms with Crippen molar-refractivity contribution < 1.29 is 48.0 Å². The third-order valence-corrected chi connectivity index (χ3v) is 4.03. The van der Waals surface area contributed by atoms with E-state index in [4.69, 9.17) is 15.6 Å². The molecule has 1 heterocycles. The van der Waals surface area contributed by atoms with E-state index in [1.807, 2.05) is 0 Å². The second-order valence-corrected chi connectivity index (χ2v) is 6.23. The Morgan fingerprint density at radius 1 is 1.37 bits per heavy atom. The van der Waals surface area contributed by atoms with Crippen LogP contribution in [0.25, 0.3) is 0 Å². The maximum atomic E-state index is 14.5. The number of rotatable bonds is 8. The Morgan fingerprint density at radius 2 is 1.96 bits per heavy atom. The van der Waals surface area contributed by atoms with Crippen molar-refractivity contribution in [2.45, 2.75) is 69.1 Å². The van der Waals surface area contributed by atoms with Crippen LogP contribution in [0.5, 0.6) is 0 Å². The summed E-state index contributed by atoms with van der Waals surface area (Å²) in [6.07, 6.45) is -8.16. The molecule has 1 amide bonds. The number of carbonyl (C=O) groups excluding carboxylic acids is 2. The van der Waals surface area contributed by atoms with E-state index in [2.05, 4.69) is 10.1 Å². The van der Waals surface area contributed by atoms with Gasteiger partial charge in [-0.15, -0.1) is 0 Å². The van der Waals surface area contributed by atoms with Crippen LogP contribution in [0.1, 0.15) is 26.7 Å². The van der Waals surface area contributed by atoms with Gasteiger partial charge in [-0.3, -0.25) is 9.59 Å². The molecule has 0 aliphatic carbocycles. The van der Waals surface area contributed by atoms with Gasteiger partial charge in [-0.2, -0.15) is 4.39 Å². The van der Waals surface area contributed by atoms with Crippen LogP contribution in [0.15, 0.2) is 0 Å². The predicted molar refractivity (Wildman–Crippen MR) is 84.7 cm³/mol. The lowest BCUT2D eigenvalue weighted by atomic mass is 9.86. The number of nitrogens with one attached hydrogen (secondary N) is 1. The van der Waals surface area contributed by atoms with Gasteiger partial charge in [-0.05, 0) is 6.42 Å². The first-order chi connectivity index (χ1) is 12.5. The van der Waals surface area contributed by atoms with Crippen LogP contribution < -0.4 is 11.1 Å². The van der Waals surface area contributed by atoms with Crippen LogP contribution in [0.2, 0.25) is 0 Å². The molecule has 1 aliphatic rings. The number of hydrogen-bond donors (Lipinski definition) is 5. The number of carboxylic acid groups (broad SMARTS) is 1. The van der Waals surface area contributed by atoms with Crippen molar-refractivity contribution in [2.75, 3.05) is 6.61 Å². The molecular weight excluding hydrogens is 374 g/mol. The average Bonchev–Trinajstić information content (AvgIpc) is 2.59. The van der Waals surface area contributed by atoms with Gasteiger partial charge in [-0.1, -0.05) is 6.92 Å². The normalized spacial score (nSPS) is 33.0. The lowest BCUT2D eigenvalue weighted by Gasteiger charge is -2.45. The molecule has 27 heavy (non-hydrogen) atoms.